The van der Waals surface area contributed by atoms with Crippen molar-refractivity contribution in [3.63, 3.8) is 0 Å². The lowest BCUT2D eigenvalue weighted by Gasteiger charge is -2.27. The number of nitrogens with zero attached hydrogens (tertiary/aromatic N) is 1. The van der Waals surface area contributed by atoms with E-state index >= 15 is 0 Å². The fraction of sp³-hybridized carbons (Fsp3) is 0.632. The van der Waals surface area contributed by atoms with Crippen LogP contribution in [-0.4, -0.2) is 49.7 Å². The molecule has 0 saturated carbocycles. The number of amides is 1. The summed E-state index contributed by atoms with van der Waals surface area (Å²) < 4.78 is 5.40. The van der Waals surface area contributed by atoms with Crippen LogP contribution in [-0.2, 0) is 22.6 Å². The third-order valence-corrected chi connectivity index (χ3v) is 4.87. The summed E-state index contributed by atoms with van der Waals surface area (Å²) in [6.45, 7) is 6.17. The van der Waals surface area contributed by atoms with Gasteiger partial charge in [0.1, 0.15) is 0 Å². The van der Waals surface area contributed by atoms with Gasteiger partial charge >= 0.3 is 0 Å². The summed E-state index contributed by atoms with van der Waals surface area (Å²) in [7, 11) is 0. The average molecular weight is 404 g/mol. The molecule has 3 rings (SSSR count). The van der Waals surface area contributed by atoms with Gasteiger partial charge in [0.15, 0.2) is 0 Å². The maximum absolute atomic E-state index is 12.2. The van der Waals surface area contributed by atoms with E-state index < -0.39 is 0 Å². The highest BCUT2D eigenvalue weighted by Crippen LogP contribution is 2.16. The lowest BCUT2D eigenvalue weighted by molar-refractivity contribution is -0.122. The van der Waals surface area contributed by atoms with Crippen molar-refractivity contribution < 1.29 is 9.53 Å². The van der Waals surface area contributed by atoms with Gasteiger partial charge in [-0.3, -0.25) is 9.69 Å². The van der Waals surface area contributed by atoms with Gasteiger partial charge in [0.2, 0.25) is 5.91 Å². The number of carbonyl (C=O) groups excluding carboxylic acids is 1. The van der Waals surface area contributed by atoms with E-state index in [2.05, 4.69) is 39.8 Å². The van der Waals surface area contributed by atoms with Crippen LogP contribution >= 0.6 is 24.8 Å². The molecule has 2 saturated heterocycles. The van der Waals surface area contributed by atoms with Crippen LogP contribution in [0.15, 0.2) is 24.3 Å². The second-order valence-electron chi connectivity index (χ2n) is 6.81. The Morgan fingerprint density at radius 2 is 1.88 bits per heavy atom. The molecular formula is C19H31Cl2N3O2. The Bertz CT molecular complexity index is 533. The molecule has 7 heteroatoms. The molecule has 2 fully saturated rings. The van der Waals surface area contributed by atoms with E-state index in [0.717, 1.165) is 19.7 Å². The third-order valence-electron chi connectivity index (χ3n) is 4.87. The van der Waals surface area contributed by atoms with E-state index in [1.165, 1.54) is 43.5 Å². The summed E-state index contributed by atoms with van der Waals surface area (Å²) >= 11 is 0. The van der Waals surface area contributed by atoms with Crippen LogP contribution in [0.25, 0.3) is 0 Å². The van der Waals surface area contributed by atoms with Crippen molar-refractivity contribution in [1.82, 2.24) is 15.5 Å². The summed E-state index contributed by atoms with van der Waals surface area (Å²) in [4.78, 5) is 14.7. The zero-order chi connectivity index (χ0) is 16.6. The number of benzene rings is 1. The van der Waals surface area contributed by atoms with Gasteiger partial charge in [-0.25, -0.2) is 0 Å². The van der Waals surface area contributed by atoms with Crippen molar-refractivity contribution in [1.29, 1.82) is 0 Å². The smallest absolute Gasteiger partial charge is 0.221 e. The Kier molecular flexibility index (Phi) is 11.2. The number of morpholine rings is 1. The summed E-state index contributed by atoms with van der Waals surface area (Å²) in [6, 6.07) is 8.60. The predicted molar refractivity (Wildman–Crippen MR) is 109 cm³/mol. The van der Waals surface area contributed by atoms with Crippen molar-refractivity contribution >= 4 is 30.7 Å². The number of halogens is 2. The first kappa shape index (κ1) is 23.2. The second-order valence-corrected chi connectivity index (χ2v) is 6.81. The summed E-state index contributed by atoms with van der Waals surface area (Å²) in [5, 5.41) is 6.39. The van der Waals surface area contributed by atoms with E-state index in [-0.39, 0.29) is 36.8 Å². The van der Waals surface area contributed by atoms with Gasteiger partial charge in [-0.05, 0) is 37.1 Å². The molecule has 26 heavy (non-hydrogen) atoms. The van der Waals surface area contributed by atoms with Crippen LogP contribution < -0.4 is 10.6 Å². The number of rotatable bonds is 6. The molecule has 1 aromatic rings. The van der Waals surface area contributed by atoms with Gasteiger partial charge in [-0.15, -0.1) is 24.8 Å². The van der Waals surface area contributed by atoms with Crippen molar-refractivity contribution in [2.45, 2.75) is 44.8 Å². The van der Waals surface area contributed by atoms with Crippen LogP contribution in [0.1, 0.15) is 36.8 Å². The van der Waals surface area contributed by atoms with Crippen molar-refractivity contribution in [3.8, 4) is 0 Å². The van der Waals surface area contributed by atoms with E-state index in [1.807, 2.05) is 0 Å². The zero-order valence-corrected chi connectivity index (χ0v) is 16.9. The molecule has 2 aliphatic rings. The first-order valence-corrected chi connectivity index (χ1v) is 9.18. The Morgan fingerprint density at radius 3 is 2.58 bits per heavy atom. The highest BCUT2D eigenvalue weighted by atomic mass is 35.5. The number of hydrogen-bond acceptors (Lipinski definition) is 4. The molecule has 0 spiro atoms. The van der Waals surface area contributed by atoms with E-state index in [9.17, 15) is 4.79 Å². The molecule has 1 unspecified atom stereocenters. The van der Waals surface area contributed by atoms with Gasteiger partial charge in [0.25, 0.3) is 0 Å². The first-order valence-electron chi connectivity index (χ1n) is 9.18. The average Bonchev–Trinajstić information content (AvgIpc) is 2.63. The summed E-state index contributed by atoms with van der Waals surface area (Å²) in [5.74, 6) is 0.0887. The molecule has 0 aromatic heterocycles. The molecule has 0 bridgehead atoms. The molecular weight excluding hydrogens is 373 g/mol. The van der Waals surface area contributed by atoms with Crippen LogP contribution in [0.4, 0.5) is 0 Å². The number of carbonyl (C=O) groups is 1. The number of ether oxygens (including phenoxy) is 1. The number of nitrogens with one attached hydrogen (secondary N) is 2. The largest absolute Gasteiger partial charge is 0.378 e. The van der Waals surface area contributed by atoms with Gasteiger partial charge in [0, 0.05) is 32.1 Å². The van der Waals surface area contributed by atoms with Gasteiger partial charge in [-0.2, -0.15) is 0 Å². The fourth-order valence-electron chi connectivity index (χ4n) is 3.48. The minimum atomic E-state index is 0. The third kappa shape index (κ3) is 7.41. The molecule has 1 atom stereocenters. The zero-order valence-electron chi connectivity index (χ0n) is 15.2. The van der Waals surface area contributed by atoms with Gasteiger partial charge < -0.3 is 15.4 Å². The molecule has 1 aromatic carbocycles. The monoisotopic (exact) mass is 403 g/mol. The molecule has 2 N–H and O–H groups in total. The quantitative estimate of drug-likeness (QED) is 0.765. The predicted octanol–water partition coefficient (Wildman–Crippen LogP) is 2.51. The summed E-state index contributed by atoms with van der Waals surface area (Å²) in [6.07, 6.45) is 4.44. The standard InChI is InChI=1S/C19H29N3O2.2ClH/c23-19(12-18-15-24-11-8-20-18)21-13-16-6-2-3-7-17(16)14-22-9-4-1-5-10-22;;/h2-3,6-7,18,20H,1,4-5,8-15H2,(H,21,23);2*1H. The normalized spacial score (nSPS) is 20.5. The Morgan fingerprint density at radius 1 is 1.15 bits per heavy atom. The maximum atomic E-state index is 12.2. The van der Waals surface area contributed by atoms with E-state index in [4.69, 9.17) is 4.74 Å². The van der Waals surface area contributed by atoms with Gasteiger partial charge in [-0.1, -0.05) is 30.7 Å². The van der Waals surface area contributed by atoms with Crippen molar-refractivity contribution in [3.05, 3.63) is 35.4 Å². The molecule has 0 aliphatic carbocycles. The fourth-order valence-corrected chi connectivity index (χ4v) is 3.48. The first-order chi connectivity index (χ1) is 11.8. The second kappa shape index (κ2) is 12.5. The molecule has 2 aliphatic heterocycles. The number of piperidine rings is 1. The van der Waals surface area contributed by atoms with E-state index in [1.54, 1.807) is 0 Å². The molecule has 148 valence electrons. The van der Waals surface area contributed by atoms with Crippen LogP contribution in [0.5, 0.6) is 0 Å². The highest BCUT2D eigenvalue weighted by Gasteiger charge is 2.17. The topological polar surface area (TPSA) is 53.6 Å². The van der Waals surface area contributed by atoms with E-state index in [0.29, 0.717) is 19.6 Å². The highest BCUT2D eigenvalue weighted by molar-refractivity contribution is 5.85. The molecule has 0 radical (unpaired) electrons. The van der Waals surface area contributed by atoms with Gasteiger partial charge in [0.05, 0.1) is 13.2 Å². The van der Waals surface area contributed by atoms with Crippen molar-refractivity contribution in [2.75, 3.05) is 32.8 Å². The lowest BCUT2D eigenvalue weighted by Crippen LogP contribution is -2.44. The van der Waals surface area contributed by atoms with Crippen LogP contribution in [0.3, 0.4) is 0 Å². The van der Waals surface area contributed by atoms with Crippen LogP contribution in [0, 0.1) is 0 Å². The number of hydrogen-bond donors (Lipinski definition) is 2. The Balaban J connectivity index is 0.00000169. The van der Waals surface area contributed by atoms with Crippen molar-refractivity contribution in [2.24, 2.45) is 0 Å². The molecule has 2 heterocycles. The van der Waals surface area contributed by atoms with Crippen LogP contribution in [0.2, 0.25) is 0 Å². The SMILES string of the molecule is Cl.Cl.O=C(CC1COCCN1)NCc1ccccc1CN1CCCCC1. The molecule has 5 nitrogen and oxygen atoms in total. The Hall–Kier alpha value is -0.850. The number of likely N-dealkylation sites (tertiary alicyclic amines) is 1. The molecule has 1 amide bonds. The lowest BCUT2D eigenvalue weighted by atomic mass is 10.0. The maximum Gasteiger partial charge on any atom is 0.221 e. The Labute approximate surface area is 169 Å². The minimum absolute atomic E-state index is 0. The summed E-state index contributed by atoms with van der Waals surface area (Å²) in [5.41, 5.74) is 2.56. The minimum Gasteiger partial charge on any atom is -0.378 e.